The molecule has 11 heteroatoms. The first-order valence-corrected chi connectivity index (χ1v) is 8.29. The Morgan fingerprint density at radius 2 is 1.48 bits per heavy atom. The Labute approximate surface area is 158 Å². The zero-order valence-electron chi connectivity index (χ0n) is 11.0. The van der Waals surface area contributed by atoms with Crippen LogP contribution in [0, 0.1) is 0 Å². The molecule has 0 bridgehead atoms. The highest BCUT2D eigenvalue weighted by molar-refractivity contribution is 9.10. The largest absolute Gasteiger partial charge is 0.242 e. The summed E-state index contributed by atoms with van der Waals surface area (Å²) in [4.78, 5) is 7.57. The fourth-order valence-electron chi connectivity index (χ4n) is 1.78. The van der Waals surface area contributed by atoms with Gasteiger partial charge in [-0.05, 0) is 63.4 Å². The number of halogens is 5. The van der Waals surface area contributed by atoms with E-state index in [0.717, 1.165) is 15.6 Å². The van der Waals surface area contributed by atoms with Crippen molar-refractivity contribution in [3.8, 4) is 0 Å². The summed E-state index contributed by atoms with van der Waals surface area (Å²) in [7, 11) is 0. The third-order valence-electron chi connectivity index (χ3n) is 2.71. The van der Waals surface area contributed by atoms with Gasteiger partial charge in [0.25, 0.3) is 0 Å². The highest BCUT2D eigenvalue weighted by Gasteiger charge is 2.06. The lowest BCUT2D eigenvalue weighted by Crippen LogP contribution is -1.94. The van der Waals surface area contributed by atoms with Crippen molar-refractivity contribution in [2.75, 3.05) is 0 Å². The van der Waals surface area contributed by atoms with Crippen molar-refractivity contribution in [2.45, 2.75) is 0 Å². The topological polar surface area (TPSA) is 60.4 Å². The second-order valence-electron chi connectivity index (χ2n) is 4.13. The first kappa shape index (κ1) is 16.7. The van der Waals surface area contributed by atoms with Crippen molar-refractivity contribution in [1.29, 1.82) is 0 Å². The molecule has 4 aromatic rings. The molecule has 0 amide bonds. The Morgan fingerprint density at radius 1 is 0.826 bits per heavy atom. The van der Waals surface area contributed by atoms with Crippen LogP contribution < -0.4 is 0 Å². The zero-order valence-corrected chi connectivity index (χ0v) is 15.6. The molecule has 0 saturated heterocycles. The molecule has 0 radical (unpaired) electrons. The summed E-state index contributed by atoms with van der Waals surface area (Å²) in [5, 5.41) is 8.82. The minimum atomic E-state index is 0.129. The maximum absolute atomic E-state index is 5.80. The Bertz CT molecular complexity index is 998. The first-order chi connectivity index (χ1) is 11.0. The number of hydrogen-bond donors (Lipinski definition) is 0. The lowest BCUT2D eigenvalue weighted by Gasteiger charge is -1.97. The summed E-state index contributed by atoms with van der Waals surface area (Å²) in [5.41, 5.74) is 1.49. The summed E-state index contributed by atoms with van der Waals surface area (Å²) in [6.07, 6.45) is 1.76. The monoisotopic (exact) mass is 452 g/mol. The number of nitrogens with zero attached hydrogens (tertiary/aromatic N) is 6. The smallest absolute Gasteiger partial charge is 0.235 e. The number of aromatic nitrogens is 6. The van der Waals surface area contributed by atoms with Gasteiger partial charge in [-0.2, -0.15) is 0 Å². The van der Waals surface area contributed by atoms with E-state index in [1.807, 2.05) is 24.3 Å². The molecule has 0 N–H and O–H groups in total. The SMILES string of the molecule is Clc1nc(Cl)c2ccc(Br)n2n1.Clc1nc(Cl)c2cccn2n1. The molecular formula is C12H5BrCl4N6. The predicted octanol–water partition coefficient (Wildman–Crippen LogP) is 4.83. The highest BCUT2D eigenvalue weighted by atomic mass is 79.9. The van der Waals surface area contributed by atoms with Crippen molar-refractivity contribution in [3.05, 3.63) is 55.9 Å². The fraction of sp³-hybridized carbons (Fsp3) is 0. The van der Waals surface area contributed by atoms with Crippen molar-refractivity contribution in [2.24, 2.45) is 0 Å². The van der Waals surface area contributed by atoms with Crippen molar-refractivity contribution < 1.29 is 0 Å². The molecule has 4 heterocycles. The summed E-state index contributed by atoms with van der Waals surface area (Å²) in [6, 6.07) is 7.28. The van der Waals surface area contributed by atoms with Crippen molar-refractivity contribution in [3.63, 3.8) is 0 Å². The predicted molar refractivity (Wildman–Crippen MR) is 93.7 cm³/mol. The normalized spacial score (nSPS) is 10.8. The first-order valence-electron chi connectivity index (χ1n) is 5.98. The van der Waals surface area contributed by atoms with Crippen LogP contribution in [0.4, 0.5) is 0 Å². The van der Waals surface area contributed by atoms with Gasteiger partial charge in [0.1, 0.15) is 15.6 Å². The van der Waals surface area contributed by atoms with Gasteiger partial charge in [-0.15, -0.1) is 10.2 Å². The molecule has 0 atom stereocenters. The Morgan fingerprint density at radius 3 is 2.22 bits per heavy atom. The van der Waals surface area contributed by atoms with Gasteiger partial charge in [0.15, 0.2) is 10.3 Å². The molecule has 6 nitrogen and oxygen atoms in total. The molecule has 0 aliphatic rings. The van der Waals surface area contributed by atoms with Crippen LogP contribution in [0.1, 0.15) is 0 Å². The molecule has 0 fully saturated rings. The molecule has 4 aromatic heterocycles. The van der Waals surface area contributed by atoms with E-state index in [1.165, 1.54) is 0 Å². The van der Waals surface area contributed by atoms with Crippen LogP contribution in [0.2, 0.25) is 20.9 Å². The Hall–Kier alpha value is -1.12. The van der Waals surface area contributed by atoms with Gasteiger partial charge in [0.05, 0.1) is 0 Å². The third kappa shape index (κ3) is 3.54. The Kier molecular flexibility index (Phi) is 4.93. The van der Waals surface area contributed by atoms with Crippen LogP contribution in [0.5, 0.6) is 0 Å². The van der Waals surface area contributed by atoms with Crippen LogP contribution in [-0.2, 0) is 0 Å². The minimum Gasteiger partial charge on any atom is -0.235 e. The molecule has 0 aliphatic heterocycles. The minimum absolute atomic E-state index is 0.129. The Balaban J connectivity index is 0.000000136. The summed E-state index contributed by atoms with van der Waals surface area (Å²) in [6.45, 7) is 0. The lowest BCUT2D eigenvalue weighted by atomic mass is 10.5. The highest BCUT2D eigenvalue weighted by Crippen LogP contribution is 2.21. The molecule has 23 heavy (non-hydrogen) atoms. The van der Waals surface area contributed by atoms with Crippen molar-refractivity contribution in [1.82, 2.24) is 29.2 Å². The van der Waals surface area contributed by atoms with Gasteiger partial charge in [0.2, 0.25) is 10.6 Å². The average Bonchev–Trinajstić information content (AvgIpc) is 3.07. The van der Waals surface area contributed by atoms with Gasteiger partial charge >= 0.3 is 0 Å². The van der Waals surface area contributed by atoms with E-state index < -0.39 is 0 Å². The fourth-order valence-corrected chi connectivity index (χ4v) is 3.05. The van der Waals surface area contributed by atoms with Gasteiger partial charge in [-0.3, -0.25) is 0 Å². The lowest BCUT2D eigenvalue weighted by molar-refractivity contribution is 0.886. The van der Waals surface area contributed by atoms with E-state index in [1.54, 1.807) is 15.2 Å². The summed E-state index contributed by atoms with van der Waals surface area (Å²) in [5.74, 6) is 0. The second-order valence-corrected chi connectivity index (χ2v) is 6.34. The van der Waals surface area contributed by atoms with E-state index in [0.29, 0.717) is 10.3 Å². The molecule has 4 rings (SSSR count). The molecule has 0 aromatic carbocycles. The molecule has 0 spiro atoms. The van der Waals surface area contributed by atoms with E-state index in [4.69, 9.17) is 46.4 Å². The number of rotatable bonds is 0. The van der Waals surface area contributed by atoms with E-state index >= 15 is 0 Å². The van der Waals surface area contributed by atoms with Crippen molar-refractivity contribution >= 4 is 73.4 Å². The zero-order chi connectivity index (χ0) is 16.6. The van der Waals surface area contributed by atoms with Gasteiger partial charge in [-0.25, -0.2) is 19.0 Å². The molecule has 0 saturated carbocycles. The second kappa shape index (κ2) is 6.78. The maximum Gasteiger partial charge on any atom is 0.242 e. The van der Waals surface area contributed by atoms with Gasteiger partial charge in [-0.1, -0.05) is 23.2 Å². The van der Waals surface area contributed by atoms with Gasteiger partial charge in [0, 0.05) is 6.20 Å². The standard InChI is InChI=1S/C6H2BrCl2N3.C6H3Cl2N3/c7-4-2-1-3-5(8)10-6(9)11-12(3)4;7-5-4-2-1-3-11(4)10-6(8)9-5/h1-2H;1-3H. The van der Waals surface area contributed by atoms with Crippen LogP contribution in [-0.4, -0.2) is 29.2 Å². The average molecular weight is 455 g/mol. The van der Waals surface area contributed by atoms with Crippen LogP contribution >= 0.6 is 62.3 Å². The third-order valence-corrected chi connectivity index (χ3v) is 4.19. The molecule has 0 unspecified atom stereocenters. The number of fused-ring (bicyclic) bond motifs is 2. The van der Waals surface area contributed by atoms with E-state index in [2.05, 4.69) is 36.1 Å². The molecule has 118 valence electrons. The summed E-state index contributed by atoms with van der Waals surface area (Å²) < 4.78 is 3.96. The maximum atomic E-state index is 5.80. The number of hydrogen-bond acceptors (Lipinski definition) is 4. The van der Waals surface area contributed by atoms with E-state index in [9.17, 15) is 0 Å². The van der Waals surface area contributed by atoms with E-state index in [-0.39, 0.29) is 10.6 Å². The molecule has 0 aliphatic carbocycles. The molecular weight excluding hydrogens is 450 g/mol. The van der Waals surface area contributed by atoms with Gasteiger partial charge < -0.3 is 0 Å². The van der Waals surface area contributed by atoms with Crippen LogP contribution in [0.3, 0.4) is 0 Å². The van der Waals surface area contributed by atoms with Crippen LogP contribution in [0.15, 0.2) is 35.1 Å². The van der Waals surface area contributed by atoms with Crippen LogP contribution in [0.25, 0.3) is 11.0 Å². The quantitative estimate of drug-likeness (QED) is 0.381. The summed E-state index contributed by atoms with van der Waals surface area (Å²) >= 11 is 26.0.